The fourth-order valence-electron chi connectivity index (χ4n) is 1.83. The van der Waals surface area contributed by atoms with Gasteiger partial charge in [-0.15, -0.1) is 0 Å². The fraction of sp³-hybridized carbons (Fsp3) is 0.800. The average Bonchev–Trinajstić information content (AvgIpc) is 2.42. The molecule has 0 spiro atoms. The van der Waals surface area contributed by atoms with E-state index in [9.17, 15) is 9.59 Å². The molecule has 0 saturated carbocycles. The van der Waals surface area contributed by atoms with Crippen LogP contribution in [0.5, 0.6) is 0 Å². The SMILES string of the molecule is COP1CCC(C)(OC(C)=O)C1OC(C)=O. The monoisotopic (exact) mass is 248 g/mol. The highest BCUT2D eigenvalue weighted by atomic mass is 31.1. The Morgan fingerprint density at radius 3 is 2.38 bits per heavy atom. The number of hydrogen-bond donors (Lipinski definition) is 0. The molecule has 0 N–H and O–H groups in total. The Labute approximate surface area is 96.3 Å². The van der Waals surface area contributed by atoms with E-state index in [1.165, 1.54) is 13.8 Å². The average molecular weight is 248 g/mol. The molecule has 1 aliphatic rings. The van der Waals surface area contributed by atoms with Gasteiger partial charge in [0, 0.05) is 21.0 Å². The first-order valence-electron chi connectivity index (χ1n) is 5.06. The third-order valence-corrected chi connectivity index (χ3v) is 4.81. The van der Waals surface area contributed by atoms with Crippen molar-refractivity contribution < 1.29 is 23.6 Å². The summed E-state index contributed by atoms with van der Waals surface area (Å²) in [4.78, 5) is 22.1. The van der Waals surface area contributed by atoms with Crippen molar-refractivity contribution in [2.24, 2.45) is 0 Å². The van der Waals surface area contributed by atoms with Crippen LogP contribution < -0.4 is 0 Å². The van der Waals surface area contributed by atoms with E-state index in [1.54, 1.807) is 14.0 Å². The van der Waals surface area contributed by atoms with Gasteiger partial charge in [0.25, 0.3) is 0 Å². The first kappa shape index (κ1) is 13.4. The predicted molar refractivity (Wildman–Crippen MR) is 59.1 cm³/mol. The van der Waals surface area contributed by atoms with Crippen LogP contribution in [0.3, 0.4) is 0 Å². The summed E-state index contributed by atoms with van der Waals surface area (Å²) in [7, 11) is 0.707. The zero-order valence-corrected chi connectivity index (χ0v) is 10.9. The molecule has 0 amide bonds. The Hall–Kier alpha value is -0.670. The number of rotatable bonds is 3. The van der Waals surface area contributed by atoms with E-state index in [1.807, 2.05) is 0 Å². The molecule has 0 aromatic rings. The number of hydrogen-bond acceptors (Lipinski definition) is 5. The number of esters is 2. The molecule has 3 atom stereocenters. The van der Waals surface area contributed by atoms with Crippen molar-refractivity contribution in [3.8, 4) is 0 Å². The lowest BCUT2D eigenvalue weighted by atomic mass is 10.1. The summed E-state index contributed by atoms with van der Waals surface area (Å²) in [6.45, 7) is 4.47. The van der Waals surface area contributed by atoms with Crippen molar-refractivity contribution in [3.05, 3.63) is 0 Å². The van der Waals surface area contributed by atoms with Crippen molar-refractivity contribution in [3.63, 3.8) is 0 Å². The summed E-state index contributed by atoms with van der Waals surface area (Å²) in [5.74, 6) is -1.21. The van der Waals surface area contributed by atoms with Crippen LogP contribution in [-0.4, -0.2) is 36.7 Å². The van der Waals surface area contributed by atoms with Gasteiger partial charge >= 0.3 is 11.9 Å². The topological polar surface area (TPSA) is 61.8 Å². The van der Waals surface area contributed by atoms with Gasteiger partial charge in [0.05, 0.1) is 8.15 Å². The quantitative estimate of drug-likeness (QED) is 0.561. The second-order valence-electron chi connectivity index (χ2n) is 3.94. The van der Waals surface area contributed by atoms with Gasteiger partial charge in [-0.1, -0.05) is 0 Å². The Bertz CT molecular complexity index is 293. The third-order valence-electron chi connectivity index (χ3n) is 2.50. The van der Waals surface area contributed by atoms with E-state index in [-0.39, 0.29) is 11.9 Å². The molecule has 1 saturated heterocycles. The summed E-state index contributed by atoms with van der Waals surface area (Å²) in [6.07, 6.45) is 1.43. The molecule has 1 rings (SSSR count). The van der Waals surface area contributed by atoms with Gasteiger partial charge in [-0.25, -0.2) is 0 Å². The molecule has 6 heteroatoms. The van der Waals surface area contributed by atoms with Crippen molar-refractivity contribution in [2.45, 2.75) is 38.6 Å². The molecule has 3 unspecified atom stereocenters. The van der Waals surface area contributed by atoms with Crippen LogP contribution in [0, 0.1) is 0 Å². The zero-order valence-electron chi connectivity index (χ0n) is 9.98. The third kappa shape index (κ3) is 2.92. The van der Waals surface area contributed by atoms with E-state index in [2.05, 4.69) is 0 Å². The first-order valence-corrected chi connectivity index (χ1v) is 6.58. The van der Waals surface area contributed by atoms with Gasteiger partial charge < -0.3 is 14.0 Å². The lowest BCUT2D eigenvalue weighted by molar-refractivity contribution is -0.171. The standard InChI is InChI=1S/C10H17O5P/c1-7(11)14-9-10(3,15-8(2)12)5-6-16(9)13-4/h9H,5-6H2,1-4H3. The lowest BCUT2D eigenvalue weighted by Gasteiger charge is -2.31. The van der Waals surface area contributed by atoms with E-state index in [4.69, 9.17) is 14.0 Å². The first-order chi connectivity index (χ1) is 7.39. The summed E-state index contributed by atoms with van der Waals surface area (Å²) in [5.41, 5.74) is -0.751. The van der Waals surface area contributed by atoms with Crippen LogP contribution in [0.4, 0.5) is 0 Å². The maximum absolute atomic E-state index is 11.0. The molecular formula is C10H17O5P. The predicted octanol–water partition coefficient (Wildman–Crippen LogP) is 1.64. The Morgan fingerprint density at radius 1 is 1.31 bits per heavy atom. The Balaban J connectivity index is 2.82. The maximum atomic E-state index is 11.0. The minimum atomic E-state index is -0.878. The van der Waals surface area contributed by atoms with Gasteiger partial charge in [-0.2, -0.15) is 0 Å². The molecule has 0 aromatic heterocycles. The Kier molecular flexibility index (Phi) is 4.28. The zero-order chi connectivity index (χ0) is 12.3. The smallest absolute Gasteiger partial charge is 0.303 e. The molecular weight excluding hydrogens is 231 g/mol. The van der Waals surface area contributed by atoms with Crippen molar-refractivity contribution in [1.82, 2.24) is 0 Å². The normalized spacial score (nSPS) is 33.5. The van der Waals surface area contributed by atoms with Gasteiger partial charge in [-0.3, -0.25) is 9.59 Å². The lowest BCUT2D eigenvalue weighted by Crippen LogP contribution is -2.40. The number of carbonyl (C=O) groups excluding carboxylic acids is 2. The molecule has 5 nitrogen and oxygen atoms in total. The van der Waals surface area contributed by atoms with Gasteiger partial charge in [-0.05, 0) is 19.5 Å². The summed E-state index contributed by atoms with van der Waals surface area (Å²) >= 11 is 0. The van der Waals surface area contributed by atoms with Crippen LogP contribution in [0.2, 0.25) is 0 Å². The van der Waals surface area contributed by atoms with E-state index >= 15 is 0 Å². The van der Waals surface area contributed by atoms with Crippen LogP contribution >= 0.6 is 8.15 Å². The molecule has 0 aromatic carbocycles. The fourth-order valence-corrected chi connectivity index (χ4v) is 4.16. The highest BCUT2D eigenvalue weighted by molar-refractivity contribution is 7.53. The second-order valence-corrected chi connectivity index (χ2v) is 6.06. The summed E-state index contributed by atoms with van der Waals surface area (Å²) in [5, 5.41) is 0. The van der Waals surface area contributed by atoms with Crippen LogP contribution in [0.1, 0.15) is 27.2 Å². The molecule has 92 valence electrons. The second kappa shape index (κ2) is 5.11. The minimum Gasteiger partial charge on any atom is -0.455 e. The van der Waals surface area contributed by atoms with E-state index in [0.29, 0.717) is 6.42 Å². The highest BCUT2D eigenvalue weighted by Crippen LogP contribution is 2.56. The highest BCUT2D eigenvalue weighted by Gasteiger charge is 2.51. The number of carbonyl (C=O) groups is 2. The molecule has 1 heterocycles. The van der Waals surface area contributed by atoms with Crippen molar-refractivity contribution in [1.29, 1.82) is 0 Å². The van der Waals surface area contributed by atoms with E-state index in [0.717, 1.165) is 6.16 Å². The largest absolute Gasteiger partial charge is 0.455 e. The summed E-state index contributed by atoms with van der Waals surface area (Å²) < 4.78 is 15.8. The van der Waals surface area contributed by atoms with Crippen LogP contribution in [0.25, 0.3) is 0 Å². The van der Waals surface area contributed by atoms with Crippen molar-refractivity contribution in [2.75, 3.05) is 13.3 Å². The minimum absolute atomic E-state index is 0.368. The van der Waals surface area contributed by atoms with Gasteiger partial charge in [0.1, 0.15) is 0 Å². The van der Waals surface area contributed by atoms with Crippen LogP contribution in [0.15, 0.2) is 0 Å². The van der Waals surface area contributed by atoms with Gasteiger partial charge in [0.2, 0.25) is 0 Å². The molecule has 1 fully saturated rings. The molecule has 0 radical (unpaired) electrons. The van der Waals surface area contributed by atoms with Crippen LogP contribution in [-0.2, 0) is 23.6 Å². The Morgan fingerprint density at radius 2 is 1.94 bits per heavy atom. The molecule has 1 aliphatic heterocycles. The maximum Gasteiger partial charge on any atom is 0.303 e. The van der Waals surface area contributed by atoms with Crippen molar-refractivity contribution >= 4 is 20.1 Å². The molecule has 0 aliphatic carbocycles. The molecule has 16 heavy (non-hydrogen) atoms. The summed E-state index contributed by atoms with van der Waals surface area (Å²) in [6, 6.07) is 0. The van der Waals surface area contributed by atoms with E-state index < -0.39 is 19.6 Å². The van der Waals surface area contributed by atoms with Gasteiger partial charge in [0.15, 0.2) is 11.4 Å². The number of ether oxygens (including phenoxy) is 2. The molecule has 0 bridgehead atoms.